The van der Waals surface area contributed by atoms with E-state index in [0.29, 0.717) is 19.4 Å². The monoisotopic (exact) mass is 299 g/mol. The number of carbonyl (C=O) groups excluding carboxylic acids is 1. The van der Waals surface area contributed by atoms with Gasteiger partial charge in [0.15, 0.2) is 11.6 Å². The van der Waals surface area contributed by atoms with Crippen LogP contribution in [-0.2, 0) is 4.79 Å². The molecule has 0 radical (unpaired) electrons. The summed E-state index contributed by atoms with van der Waals surface area (Å²) >= 11 is 0. The van der Waals surface area contributed by atoms with E-state index in [2.05, 4.69) is 0 Å². The minimum absolute atomic E-state index is 0.0206. The molecule has 1 fully saturated rings. The lowest BCUT2D eigenvalue weighted by Crippen LogP contribution is -2.42. The van der Waals surface area contributed by atoms with Gasteiger partial charge in [-0.25, -0.2) is 8.78 Å². The fourth-order valence-corrected chi connectivity index (χ4v) is 2.45. The Morgan fingerprint density at radius 1 is 1.33 bits per heavy atom. The quantitative estimate of drug-likeness (QED) is 0.926. The lowest BCUT2D eigenvalue weighted by molar-refractivity contribution is -0.143. The molecule has 1 amide bonds. The first kappa shape index (κ1) is 15.2. The first-order valence-corrected chi connectivity index (χ1v) is 6.49. The van der Waals surface area contributed by atoms with Crippen LogP contribution in [0.2, 0.25) is 0 Å². The highest BCUT2D eigenvalue weighted by Gasteiger charge is 2.32. The van der Waals surface area contributed by atoms with Gasteiger partial charge in [-0.05, 0) is 25.0 Å². The third kappa shape index (κ3) is 2.96. The second-order valence-electron chi connectivity index (χ2n) is 4.87. The van der Waals surface area contributed by atoms with Crippen molar-refractivity contribution < 1.29 is 28.2 Å². The summed E-state index contributed by atoms with van der Waals surface area (Å²) < 4.78 is 32.2. The normalized spacial score (nSPS) is 18.4. The van der Waals surface area contributed by atoms with E-state index in [4.69, 9.17) is 9.84 Å². The van der Waals surface area contributed by atoms with Crippen molar-refractivity contribution in [3.05, 3.63) is 29.3 Å². The van der Waals surface area contributed by atoms with Gasteiger partial charge in [0.1, 0.15) is 11.4 Å². The first-order chi connectivity index (χ1) is 9.95. The van der Waals surface area contributed by atoms with Crippen LogP contribution in [0.3, 0.4) is 0 Å². The number of hydrogen-bond donors (Lipinski definition) is 1. The highest BCUT2D eigenvalue weighted by molar-refractivity contribution is 5.97. The maximum atomic E-state index is 13.9. The number of carboxylic acid groups (broad SMARTS) is 1. The largest absolute Gasteiger partial charge is 0.493 e. The molecular weight excluding hydrogens is 284 g/mol. The Balaban J connectivity index is 2.32. The minimum atomic E-state index is -1.00. The maximum Gasteiger partial charge on any atom is 0.308 e. The number of benzene rings is 1. The first-order valence-electron chi connectivity index (χ1n) is 6.49. The number of piperidine rings is 1. The number of nitrogens with zero attached hydrogens (tertiary/aromatic N) is 1. The molecule has 1 aromatic carbocycles. The molecule has 0 aromatic heterocycles. The summed E-state index contributed by atoms with van der Waals surface area (Å²) in [5, 5.41) is 9.01. The summed E-state index contributed by atoms with van der Waals surface area (Å²) in [6, 6.07) is 1.73. The van der Waals surface area contributed by atoms with Crippen molar-refractivity contribution in [2.24, 2.45) is 5.92 Å². The Hall–Kier alpha value is -2.18. The molecule has 0 spiro atoms. The molecule has 2 rings (SSSR count). The lowest BCUT2D eigenvalue weighted by Gasteiger charge is -2.31. The molecule has 1 aliphatic rings. The molecule has 1 aliphatic heterocycles. The molecule has 5 nitrogen and oxygen atoms in total. The van der Waals surface area contributed by atoms with Crippen molar-refractivity contribution in [1.29, 1.82) is 0 Å². The van der Waals surface area contributed by atoms with Crippen LogP contribution in [-0.4, -0.2) is 42.1 Å². The van der Waals surface area contributed by atoms with Crippen LogP contribution < -0.4 is 4.74 Å². The van der Waals surface area contributed by atoms with Crippen LogP contribution in [0.4, 0.5) is 8.78 Å². The van der Waals surface area contributed by atoms with Crippen molar-refractivity contribution in [2.75, 3.05) is 20.2 Å². The number of rotatable bonds is 3. The van der Waals surface area contributed by atoms with E-state index in [0.717, 1.165) is 19.2 Å². The average Bonchev–Trinajstić information content (AvgIpc) is 2.48. The number of carbonyl (C=O) groups is 2. The van der Waals surface area contributed by atoms with Crippen LogP contribution in [0.15, 0.2) is 12.1 Å². The number of likely N-dealkylation sites (tertiary alicyclic amines) is 1. The summed E-state index contributed by atoms with van der Waals surface area (Å²) in [4.78, 5) is 24.6. The molecule has 0 aliphatic carbocycles. The van der Waals surface area contributed by atoms with Crippen LogP contribution >= 0.6 is 0 Å². The molecule has 1 atom stereocenters. The van der Waals surface area contributed by atoms with Gasteiger partial charge in [0, 0.05) is 13.1 Å². The second-order valence-corrected chi connectivity index (χ2v) is 4.87. The van der Waals surface area contributed by atoms with Crippen molar-refractivity contribution in [2.45, 2.75) is 12.8 Å². The SMILES string of the molecule is COc1c(F)ccc(F)c1C(=O)N1CCCC(C(=O)O)C1. The number of carboxylic acids is 1. The van der Waals surface area contributed by atoms with Crippen molar-refractivity contribution >= 4 is 11.9 Å². The summed E-state index contributed by atoms with van der Waals surface area (Å²) in [5.41, 5.74) is -0.497. The zero-order valence-corrected chi connectivity index (χ0v) is 11.4. The third-order valence-corrected chi connectivity index (χ3v) is 3.53. The Morgan fingerprint density at radius 2 is 2.00 bits per heavy atom. The molecular formula is C14H15F2NO4. The topological polar surface area (TPSA) is 66.8 Å². The Labute approximate surface area is 120 Å². The fraction of sp³-hybridized carbons (Fsp3) is 0.429. The van der Waals surface area contributed by atoms with E-state index >= 15 is 0 Å². The van der Waals surface area contributed by atoms with Gasteiger partial charge in [0.05, 0.1) is 13.0 Å². The smallest absolute Gasteiger partial charge is 0.308 e. The zero-order chi connectivity index (χ0) is 15.6. The van der Waals surface area contributed by atoms with Crippen LogP contribution in [0.25, 0.3) is 0 Å². The van der Waals surface area contributed by atoms with Crippen molar-refractivity contribution in [3.8, 4) is 5.75 Å². The molecule has 1 aromatic rings. The summed E-state index contributed by atoms with van der Waals surface area (Å²) in [7, 11) is 1.14. The van der Waals surface area contributed by atoms with E-state index in [1.807, 2.05) is 0 Å². The van der Waals surface area contributed by atoms with Crippen LogP contribution in [0.1, 0.15) is 23.2 Å². The summed E-state index contributed by atoms with van der Waals surface area (Å²) in [6.07, 6.45) is 0.962. The van der Waals surface area contributed by atoms with E-state index in [-0.39, 0.29) is 6.54 Å². The van der Waals surface area contributed by atoms with E-state index in [1.54, 1.807) is 0 Å². The van der Waals surface area contributed by atoms with Gasteiger partial charge in [0.25, 0.3) is 5.91 Å². The van der Waals surface area contributed by atoms with Gasteiger partial charge < -0.3 is 14.7 Å². The predicted molar refractivity (Wildman–Crippen MR) is 69.2 cm³/mol. The molecule has 0 bridgehead atoms. The van der Waals surface area contributed by atoms with Crippen LogP contribution in [0, 0.1) is 17.6 Å². The number of ether oxygens (including phenoxy) is 1. The molecule has 114 valence electrons. The molecule has 0 saturated carbocycles. The number of aliphatic carboxylic acids is 1. The van der Waals surface area contributed by atoms with E-state index in [1.165, 1.54) is 4.90 Å². The van der Waals surface area contributed by atoms with Gasteiger partial charge in [-0.3, -0.25) is 9.59 Å². The maximum absolute atomic E-state index is 13.9. The van der Waals surface area contributed by atoms with Gasteiger partial charge in [-0.15, -0.1) is 0 Å². The van der Waals surface area contributed by atoms with E-state index in [9.17, 15) is 18.4 Å². The standard InChI is InChI=1S/C14H15F2NO4/c1-21-12-10(16)5-4-9(15)11(12)13(18)17-6-2-3-8(7-17)14(19)20/h4-5,8H,2-3,6-7H2,1H3,(H,19,20). The average molecular weight is 299 g/mol. The van der Waals surface area contributed by atoms with Gasteiger partial charge in [-0.1, -0.05) is 0 Å². The summed E-state index contributed by atoms with van der Waals surface area (Å²) in [5.74, 6) is -4.64. The Kier molecular flexibility index (Phi) is 4.40. The fourth-order valence-electron chi connectivity index (χ4n) is 2.45. The molecule has 1 heterocycles. The van der Waals surface area contributed by atoms with Gasteiger partial charge in [-0.2, -0.15) is 0 Å². The van der Waals surface area contributed by atoms with E-state index < -0.39 is 40.7 Å². The Bertz CT molecular complexity index is 576. The van der Waals surface area contributed by atoms with Crippen molar-refractivity contribution in [1.82, 2.24) is 4.90 Å². The molecule has 21 heavy (non-hydrogen) atoms. The third-order valence-electron chi connectivity index (χ3n) is 3.53. The summed E-state index contributed by atoms with van der Waals surface area (Å²) in [6.45, 7) is 0.287. The molecule has 7 heteroatoms. The highest BCUT2D eigenvalue weighted by atomic mass is 19.1. The van der Waals surface area contributed by atoms with Gasteiger partial charge in [0.2, 0.25) is 0 Å². The second kappa shape index (κ2) is 6.07. The van der Waals surface area contributed by atoms with Crippen molar-refractivity contribution in [3.63, 3.8) is 0 Å². The Morgan fingerprint density at radius 3 is 2.62 bits per heavy atom. The lowest BCUT2D eigenvalue weighted by atomic mass is 9.97. The predicted octanol–water partition coefficient (Wildman–Crippen LogP) is 1.91. The minimum Gasteiger partial charge on any atom is -0.493 e. The molecule has 1 N–H and O–H groups in total. The van der Waals surface area contributed by atoms with Gasteiger partial charge >= 0.3 is 5.97 Å². The molecule has 1 unspecified atom stereocenters. The zero-order valence-electron chi connectivity index (χ0n) is 11.4. The molecule has 1 saturated heterocycles. The number of halogens is 2. The van der Waals surface area contributed by atoms with Crippen LogP contribution in [0.5, 0.6) is 5.75 Å². The number of methoxy groups -OCH3 is 1. The number of amides is 1. The highest BCUT2D eigenvalue weighted by Crippen LogP contribution is 2.28. The number of hydrogen-bond acceptors (Lipinski definition) is 3.